The molecule has 0 saturated carbocycles. The van der Waals surface area contributed by atoms with Crippen LogP contribution in [0.4, 0.5) is 0 Å². The van der Waals surface area contributed by atoms with Crippen molar-refractivity contribution in [2.45, 2.75) is 59.3 Å². The Bertz CT molecular complexity index is 498. The summed E-state index contributed by atoms with van der Waals surface area (Å²) in [6.45, 7) is 14.1. The zero-order valence-electron chi connectivity index (χ0n) is 14.7. The fourth-order valence-electron chi connectivity index (χ4n) is 2.18. The number of phenols is 1. The third-order valence-electron chi connectivity index (χ3n) is 3.36. The van der Waals surface area contributed by atoms with Gasteiger partial charge in [0.2, 0.25) is 0 Å². The molecule has 0 amide bonds. The Morgan fingerprint density at radius 3 is 1.86 bits per heavy atom. The molecule has 0 saturated heterocycles. The molecule has 0 bridgehead atoms. The topological polar surface area (TPSA) is 55.8 Å². The number of benzene rings is 1. The largest absolute Gasteiger partial charge is 0.507 e. The predicted molar refractivity (Wildman–Crippen MR) is 87.6 cm³/mol. The van der Waals surface area contributed by atoms with Gasteiger partial charge in [-0.25, -0.2) is 4.79 Å². The molecular formula is C18H28O4. The molecule has 22 heavy (non-hydrogen) atoms. The fourth-order valence-corrected chi connectivity index (χ4v) is 2.18. The summed E-state index contributed by atoms with van der Waals surface area (Å²) < 4.78 is 10.4. The van der Waals surface area contributed by atoms with Gasteiger partial charge in [-0.1, -0.05) is 41.5 Å². The lowest BCUT2D eigenvalue weighted by atomic mass is 9.79. The van der Waals surface area contributed by atoms with Crippen LogP contribution in [0, 0.1) is 0 Å². The molecule has 0 heterocycles. The zero-order chi connectivity index (χ0) is 17.1. The number of hydrogen-bond acceptors (Lipinski definition) is 4. The molecule has 4 heteroatoms. The summed E-state index contributed by atoms with van der Waals surface area (Å²) in [7, 11) is 0. The Morgan fingerprint density at radius 2 is 1.50 bits per heavy atom. The van der Waals surface area contributed by atoms with E-state index in [2.05, 4.69) is 0 Å². The second-order valence-corrected chi connectivity index (χ2v) is 7.46. The molecule has 0 aromatic heterocycles. The van der Waals surface area contributed by atoms with E-state index < -0.39 is 5.97 Å². The first-order valence-electron chi connectivity index (χ1n) is 7.63. The van der Waals surface area contributed by atoms with Crippen LogP contribution in [-0.2, 0) is 20.4 Å². The zero-order valence-corrected chi connectivity index (χ0v) is 14.7. The molecule has 1 rings (SSSR count). The summed E-state index contributed by atoms with van der Waals surface area (Å²) in [5.74, 6) is 0.467. The van der Waals surface area contributed by atoms with Crippen LogP contribution in [0.25, 0.3) is 0 Å². The molecule has 1 N–H and O–H groups in total. The number of hydrogen-bond donors (Lipinski definition) is 1. The van der Waals surface area contributed by atoms with Crippen molar-refractivity contribution in [1.82, 2.24) is 0 Å². The second kappa shape index (κ2) is 6.59. The van der Waals surface area contributed by atoms with Gasteiger partial charge in [0.15, 0.2) is 6.61 Å². The van der Waals surface area contributed by atoms with E-state index in [0.717, 1.165) is 11.1 Å². The van der Waals surface area contributed by atoms with Gasteiger partial charge in [-0.05, 0) is 29.9 Å². The molecule has 0 aliphatic carbocycles. The summed E-state index contributed by atoms with van der Waals surface area (Å²) in [4.78, 5) is 11.5. The second-order valence-electron chi connectivity index (χ2n) is 7.46. The standard InChI is InChI=1S/C18H28O4/c1-8-21-15(19)11-22-12-9-13(17(2,3)4)16(20)14(10-12)18(5,6)7/h9-10,20H,8,11H2,1-7H3. The summed E-state index contributed by atoms with van der Waals surface area (Å²) in [6.07, 6.45) is 0. The molecule has 0 unspecified atom stereocenters. The summed E-state index contributed by atoms with van der Waals surface area (Å²) in [6, 6.07) is 3.59. The molecule has 1 aromatic rings. The van der Waals surface area contributed by atoms with Gasteiger partial charge in [0.25, 0.3) is 0 Å². The van der Waals surface area contributed by atoms with E-state index in [9.17, 15) is 9.90 Å². The molecule has 0 fully saturated rings. The van der Waals surface area contributed by atoms with Crippen LogP contribution in [0.2, 0.25) is 0 Å². The van der Waals surface area contributed by atoms with Gasteiger partial charge >= 0.3 is 5.97 Å². The van der Waals surface area contributed by atoms with Crippen molar-refractivity contribution in [2.24, 2.45) is 0 Å². The van der Waals surface area contributed by atoms with Crippen LogP contribution in [0.3, 0.4) is 0 Å². The van der Waals surface area contributed by atoms with E-state index in [1.807, 2.05) is 41.5 Å². The van der Waals surface area contributed by atoms with Crippen molar-refractivity contribution in [2.75, 3.05) is 13.2 Å². The molecule has 4 nitrogen and oxygen atoms in total. The molecule has 0 aliphatic rings. The van der Waals surface area contributed by atoms with Gasteiger partial charge in [0.1, 0.15) is 11.5 Å². The first-order valence-corrected chi connectivity index (χ1v) is 7.63. The molecule has 1 aromatic carbocycles. The first-order chi connectivity index (χ1) is 9.96. The highest BCUT2D eigenvalue weighted by atomic mass is 16.6. The third-order valence-corrected chi connectivity index (χ3v) is 3.36. The number of aromatic hydroxyl groups is 1. The fraction of sp³-hybridized carbons (Fsp3) is 0.611. The lowest BCUT2D eigenvalue weighted by Crippen LogP contribution is -2.19. The SMILES string of the molecule is CCOC(=O)COc1cc(C(C)(C)C)c(O)c(C(C)(C)C)c1. The van der Waals surface area contributed by atoms with Crippen LogP contribution in [0.5, 0.6) is 11.5 Å². The summed E-state index contributed by atoms with van der Waals surface area (Å²) in [5.41, 5.74) is 1.15. The molecular weight excluding hydrogens is 280 g/mol. The van der Waals surface area contributed by atoms with Crippen LogP contribution < -0.4 is 4.74 Å². The Morgan fingerprint density at radius 1 is 1.05 bits per heavy atom. The number of carbonyl (C=O) groups excluding carboxylic acids is 1. The van der Waals surface area contributed by atoms with Gasteiger partial charge in [0.05, 0.1) is 6.61 Å². The first kappa shape index (κ1) is 18.3. The third kappa shape index (κ3) is 4.65. The molecule has 0 spiro atoms. The maximum absolute atomic E-state index is 11.5. The van der Waals surface area contributed by atoms with E-state index in [-0.39, 0.29) is 17.4 Å². The Balaban J connectivity index is 3.21. The molecule has 0 radical (unpaired) electrons. The van der Waals surface area contributed by atoms with Gasteiger partial charge in [-0.15, -0.1) is 0 Å². The van der Waals surface area contributed by atoms with Crippen molar-refractivity contribution in [1.29, 1.82) is 0 Å². The van der Waals surface area contributed by atoms with Crippen molar-refractivity contribution >= 4 is 5.97 Å². The van der Waals surface area contributed by atoms with E-state index in [1.165, 1.54) is 0 Å². The number of phenolic OH excluding ortho intramolecular Hbond substituents is 1. The van der Waals surface area contributed by atoms with E-state index in [4.69, 9.17) is 9.47 Å². The Labute approximate surface area is 133 Å². The maximum Gasteiger partial charge on any atom is 0.344 e. The van der Waals surface area contributed by atoms with Gasteiger partial charge in [-0.2, -0.15) is 0 Å². The molecule has 0 aliphatic heterocycles. The number of esters is 1. The van der Waals surface area contributed by atoms with Crippen LogP contribution in [-0.4, -0.2) is 24.3 Å². The number of rotatable bonds is 4. The van der Waals surface area contributed by atoms with Gasteiger partial charge in [0, 0.05) is 11.1 Å². The van der Waals surface area contributed by atoms with Gasteiger partial charge in [-0.3, -0.25) is 0 Å². The van der Waals surface area contributed by atoms with E-state index >= 15 is 0 Å². The highest BCUT2D eigenvalue weighted by Crippen LogP contribution is 2.41. The van der Waals surface area contributed by atoms with E-state index in [1.54, 1.807) is 19.1 Å². The Hall–Kier alpha value is -1.71. The monoisotopic (exact) mass is 308 g/mol. The smallest absolute Gasteiger partial charge is 0.344 e. The van der Waals surface area contributed by atoms with Crippen LogP contribution in [0.15, 0.2) is 12.1 Å². The van der Waals surface area contributed by atoms with E-state index in [0.29, 0.717) is 18.1 Å². The minimum atomic E-state index is -0.398. The maximum atomic E-state index is 11.5. The molecule has 0 atom stereocenters. The minimum Gasteiger partial charge on any atom is -0.507 e. The number of carbonyl (C=O) groups is 1. The lowest BCUT2D eigenvalue weighted by molar-refractivity contribution is -0.145. The predicted octanol–water partition coefficient (Wildman–Crippen LogP) is 3.93. The molecule has 124 valence electrons. The van der Waals surface area contributed by atoms with Gasteiger partial charge < -0.3 is 14.6 Å². The average molecular weight is 308 g/mol. The highest BCUT2D eigenvalue weighted by molar-refractivity contribution is 5.71. The normalized spacial score (nSPS) is 12.1. The summed E-state index contributed by atoms with van der Waals surface area (Å²) in [5, 5.41) is 10.6. The minimum absolute atomic E-state index is 0.133. The van der Waals surface area contributed by atoms with Crippen molar-refractivity contribution in [3.05, 3.63) is 23.3 Å². The average Bonchev–Trinajstić information content (AvgIpc) is 2.35. The van der Waals surface area contributed by atoms with Crippen molar-refractivity contribution < 1.29 is 19.4 Å². The lowest BCUT2D eigenvalue weighted by Gasteiger charge is -2.28. The summed E-state index contributed by atoms with van der Waals surface area (Å²) >= 11 is 0. The highest BCUT2D eigenvalue weighted by Gasteiger charge is 2.27. The van der Waals surface area contributed by atoms with Crippen LogP contribution >= 0.6 is 0 Å². The van der Waals surface area contributed by atoms with Crippen LogP contribution in [0.1, 0.15) is 59.6 Å². The van der Waals surface area contributed by atoms with Crippen molar-refractivity contribution in [3.63, 3.8) is 0 Å². The Kier molecular flexibility index (Phi) is 5.49. The number of ether oxygens (including phenoxy) is 2. The van der Waals surface area contributed by atoms with Crippen molar-refractivity contribution in [3.8, 4) is 11.5 Å². The quantitative estimate of drug-likeness (QED) is 0.856.